The Kier molecular flexibility index (Phi) is 5.66. The molecule has 0 amide bonds. The molecule has 0 saturated heterocycles. The number of hydrogen-bond acceptors (Lipinski definition) is 2. The molecule has 0 aliphatic carbocycles. The van der Waals surface area contributed by atoms with Gasteiger partial charge in [-0.25, -0.2) is 0 Å². The van der Waals surface area contributed by atoms with Crippen molar-refractivity contribution in [1.29, 1.82) is 0 Å². The number of hydrogen-bond donors (Lipinski definition) is 1. The molecule has 50 valence electrons. The molecule has 0 spiro atoms. The van der Waals surface area contributed by atoms with Gasteiger partial charge in [-0.3, -0.25) is 0 Å². The molecular weight excluding hydrogens is 120 g/mol. The molecule has 1 atom stereocenters. The van der Waals surface area contributed by atoms with Crippen molar-refractivity contribution in [2.45, 2.75) is 25.5 Å². The summed E-state index contributed by atoms with van der Waals surface area (Å²) in [4.78, 5) is 0. The van der Waals surface area contributed by atoms with Crippen molar-refractivity contribution in [2.75, 3.05) is 12.4 Å². The molecule has 0 fully saturated rings. The van der Waals surface area contributed by atoms with E-state index in [-0.39, 0.29) is 0 Å². The molecule has 2 heteroatoms. The Morgan fingerprint density at radius 2 is 2.12 bits per heavy atom. The van der Waals surface area contributed by atoms with Gasteiger partial charge in [0, 0.05) is 5.25 Å². The zero-order valence-electron chi connectivity index (χ0n) is 5.55. The second-order valence-corrected chi connectivity index (χ2v) is 3.25. The van der Waals surface area contributed by atoms with E-state index in [0.29, 0.717) is 11.9 Å². The fourth-order valence-corrected chi connectivity index (χ4v) is 1.35. The molecule has 0 radical (unpaired) electrons. The lowest BCUT2D eigenvalue weighted by Gasteiger charge is -2.07. The second-order valence-electron chi connectivity index (χ2n) is 1.67. The summed E-state index contributed by atoms with van der Waals surface area (Å²) in [6.07, 6.45) is 1.08. The molecule has 1 N–H and O–H groups in total. The van der Waals surface area contributed by atoms with Gasteiger partial charge in [0.15, 0.2) is 0 Å². The minimum absolute atomic E-state index is 0.328. The molecule has 1 nitrogen and oxygen atoms in total. The van der Waals surface area contributed by atoms with Crippen LogP contribution in [-0.4, -0.2) is 22.7 Å². The van der Waals surface area contributed by atoms with Crippen LogP contribution in [0, 0.1) is 0 Å². The molecule has 0 heterocycles. The van der Waals surface area contributed by atoms with E-state index in [1.807, 2.05) is 11.8 Å². The van der Waals surface area contributed by atoms with Crippen molar-refractivity contribution >= 4 is 11.8 Å². The Balaban J connectivity index is 3.07. The smallest absolute Gasteiger partial charge is 0.0549 e. The van der Waals surface area contributed by atoms with Crippen LogP contribution in [0.3, 0.4) is 0 Å². The maximum Gasteiger partial charge on any atom is 0.0549 e. The van der Waals surface area contributed by atoms with Crippen molar-refractivity contribution < 1.29 is 5.11 Å². The summed E-state index contributed by atoms with van der Waals surface area (Å²) in [6.45, 7) is 4.54. The van der Waals surface area contributed by atoms with Crippen LogP contribution >= 0.6 is 11.8 Å². The van der Waals surface area contributed by atoms with Crippen LogP contribution in [0.15, 0.2) is 0 Å². The van der Waals surface area contributed by atoms with Crippen LogP contribution in [0.4, 0.5) is 0 Å². The van der Waals surface area contributed by atoms with Crippen LogP contribution in [-0.2, 0) is 0 Å². The third-order valence-electron chi connectivity index (χ3n) is 1.06. The third kappa shape index (κ3) is 3.33. The van der Waals surface area contributed by atoms with Gasteiger partial charge in [0.2, 0.25) is 0 Å². The largest absolute Gasteiger partial charge is 0.395 e. The molecule has 0 saturated carbocycles. The van der Waals surface area contributed by atoms with Crippen molar-refractivity contribution in [1.82, 2.24) is 0 Å². The van der Waals surface area contributed by atoms with Gasteiger partial charge in [-0.05, 0) is 12.2 Å². The number of aliphatic hydroxyl groups excluding tert-OH is 1. The van der Waals surface area contributed by atoms with Gasteiger partial charge in [-0.2, -0.15) is 11.8 Å². The summed E-state index contributed by atoms with van der Waals surface area (Å²) in [7, 11) is 0. The summed E-state index contributed by atoms with van der Waals surface area (Å²) in [5, 5.41) is 9.11. The van der Waals surface area contributed by atoms with Gasteiger partial charge in [0.25, 0.3) is 0 Å². The lowest BCUT2D eigenvalue weighted by atomic mass is 10.3. The van der Waals surface area contributed by atoms with E-state index in [1.54, 1.807) is 0 Å². The molecule has 8 heavy (non-hydrogen) atoms. The van der Waals surface area contributed by atoms with E-state index in [1.165, 1.54) is 0 Å². The van der Waals surface area contributed by atoms with Gasteiger partial charge >= 0.3 is 0 Å². The molecule has 0 aliphatic rings. The van der Waals surface area contributed by atoms with Crippen LogP contribution in [0.25, 0.3) is 0 Å². The highest BCUT2D eigenvalue weighted by atomic mass is 32.2. The first kappa shape index (κ1) is 8.31. The standard InChI is InChI=1S/C6H14OS/c1-3-6(5-7)8-4-2/h6-7H,3-5H2,1-2H3. The van der Waals surface area contributed by atoms with Crippen molar-refractivity contribution in [2.24, 2.45) is 0 Å². The first-order chi connectivity index (χ1) is 3.85. The van der Waals surface area contributed by atoms with Crippen LogP contribution in [0.2, 0.25) is 0 Å². The monoisotopic (exact) mass is 134 g/mol. The van der Waals surface area contributed by atoms with E-state index in [9.17, 15) is 0 Å². The molecular formula is C6H14OS. The summed E-state index contributed by atoms with van der Waals surface area (Å²) in [5.41, 5.74) is 0. The zero-order valence-corrected chi connectivity index (χ0v) is 6.37. The molecule has 0 aromatic rings. The van der Waals surface area contributed by atoms with Crippen molar-refractivity contribution in [3.8, 4) is 0 Å². The van der Waals surface area contributed by atoms with Gasteiger partial charge in [-0.15, -0.1) is 0 Å². The first-order valence-corrected chi connectivity index (χ1v) is 4.12. The predicted octanol–water partition coefficient (Wildman–Crippen LogP) is 1.51. The molecule has 0 aromatic heterocycles. The minimum Gasteiger partial charge on any atom is -0.395 e. The van der Waals surface area contributed by atoms with Gasteiger partial charge < -0.3 is 5.11 Å². The Morgan fingerprint density at radius 3 is 2.25 bits per heavy atom. The maximum atomic E-state index is 8.64. The third-order valence-corrected chi connectivity index (χ3v) is 2.35. The topological polar surface area (TPSA) is 20.2 Å². The molecule has 1 unspecified atom stereocenters. The molecule has 0 aliphatic heterocycles. The summed E-state index contributed by atoms with van der Waals surface area (Å²) < 4.78 is 0. The normalized spacial score (nSPS) is 13.9. The Labute approximate surface area is 55.5 Å². The molecule has 0 bridgehead atoms. The van der Waals surface area contributed by atoms with Crippen molar-refractivity contribution in [3.63, 3.8) is 0 Å². The average Bonchev–Trinajstić information content (AvgIpc) is 1.83. The van der Waals surface area contributed by atoms with E-state index >= 15 is 0 Å². The van der Waals surface area contributed by atoms with Gasteiger partial charge in [0.05, 0.1) is 6.61 Å². The van der Waals surface area contributed by atoms with E-state index < -0.39 is 0 Å². The van der Waals surface area contributed by atoms with Gasteiger partial charge in [-0.1, -0.05) is 13.8 Å². The summed E-state index contributed by atoms with van der Waals surface area (Å²) in [6, 6.07) is 0. The highest BCUT2D eigenvalue weighted by molar-refractivity contribution is 7.99. The molecule has 0 rings (SSSR count). The van der Waals surface area contributed by atoms with E-state index in [4.69, 9.17) is 5.11 Å². The number of aliphatic hydroxyl groups is 1. The number of rotatable bonds is 4. The number of thioether (sulfide) groups is 1. The highest BCUT2D eigenvalue weighted by Crippen LogP contribution is 2.11. The Hall–Kier alpha value is 0.310. The SMILES string of the molecule is CCSC(CC)CO. The van der Waals surface area contributed by atoms with E-state index in [2.05, 4.69) is 13.8 Å². The Morgan fingerprint density at radius 1 is 1.50 bits per heavy atom. The summed E-state index contributed by atoms with van der Waals surface area (Å²) in [5.74, 6) is 1.11. The quantitative estimate of drug-likeness (QED) is 0.629. The lowest BCUT2D eigenvalue weighted by molar-refractivity contribution is 0.292. The Bertz CT molecular complexity index is 43.8. The average molecular weight is 134 g/mol. The van der Waals surface area contributed by atoms with E-state index in [0.717, 1.165) is 12.2 Å². The fraction of sp³-hybridized carbons (Fsp3) is 1.00. The fourth-order valence-electron chi connectivity index (χ4n) is 0.535. The summed E-state index contributed by atoms with van der Waals surface area (Å²) >= 11 is 1.83. The maximum absolute atomic E-state index is 8.64. The zero-order chi connectivity index (χ0) is 6.41. The van der Waals surface area contributed by atoms with Crippen molar-refractivity contribution in [3.05, 3.63) is 0 Å². The lowest BCUT2D eigenvalue weighted by Crippen LogP contribution is -2.06. The molecule has 0 aromatic carbocycles. The van der Waals surface area contributed by atoms with Crippen LogP contribution in [0.5, 0.6) is 0 Å². The highest BCUT2D eigenvalue weighted by Gasteiger charge is 2.00. The minimum atomic E-state index is 0.328. The van der Waals surface area contributed by atoms with Gasteiger partial charge in [0.1, 0.15) is 0 Å². The van der Waals surface area contributed by atoms with Crippen LogP contribution in [0.1, 0.15) is 20.3 Å². The second kappa shape index (κ2) is 5.45. The predicted molar refractivity (Wildman–Crippen MR) is 39.3 cm³/mol. The first-order valence-electron chi connectivity index (χ1n) is 3.07. The van der Waals surface area contributed by atoms with Crippen LogP contribution < -0.4 is 0 Å².